The molecule has 2 aromatic heterocycles. The molecule has 0 aliphatic carbocycles. The van der Waals surface area contributed by atoms with Crippen molar-refractivity contribution >= 4 is 33.4 Å². The van der Waals surface area contributed by atoms with E-state index in [2.05, 4.69) is 15.0 Å². The fraction of sp³-hybridized carbons (Fsp3) is 0.222. The number of esters is 1. The maximum Gasteiger partial charge on any atom is 0.328 e. The van der Waals surface area contributed by atoms with Gasteiger partial charge in [-0.05, 0) is 24.6 Å². The van der Waals surface area contributed by atoms with Gasteiger partial charge in [0.15, 0.2) is 0 Å². The number of benzene rings is 1. The number of nitrogens with zero attached hydrogens (tertiary/aromatic N) is 2. The summed E-state index contributed by atoms with van der Waals surface area (Å²) in [4.78, 5) is 41.1. The van der Waals surface area contributed by atoms with E-state index >= 15 is 0 Å². The van der Waals surface area contributed by atoms with E-state index in [0.29, 0.717) is 21.3 Å². The molecule has 27 heavy (non-hydrogen) atoms. The summed E-state index contributed by atoms with van der Waals surface area (Å²) in [5.74, 6) is -1.47. The van der Waals surface area contributed by atoms with E-state index < -0.39 is 17.9 Å². The molecule has 3 aromatic rings. The van der Waals surface area contributed by atoms with Gasteiger partial charge in [0.25, 0.3) is 5.56 Å². The van der Waals surface area contributed by atoms with Crippen molar-refractivity contribution in [1.29, 1.82) is 0 Å². The number of ether oxygens (including phenoxy) is 1. The number of carbonyl (C=O) groups excluding carboxylic acids is 2. The average Bonchev–Trinajstić information content (AvgIpc) is 3.08. The van der Waals surface area contributed by atoms with Gasteiger partial charge in [-0.25, -0.2) is 14.2 Å². The fourth-order valence-electron chi connectivity index (χ4n) is 2.60. The molecule has 3 rings (SSSR count). The average molecular weight is 389 g/mol. The maximum absolute atomic E-state index is 13.2. The highest BCUT2D eigenvalue weighted by atomic mass is 32.1. The Hall–Kier alpha value is -3.07. The fourth-order valence-corrected chi connectivity index (χ4v) is 3.51. The lowest BCUT2D eigenvalue weighted by molar-refractivity contribution is -0.144. The predicted octanol–water partition coefficient (Wildman–Crippen LogP) is 1.94. The van der Waals surface area contributed by atoms with E-state index in [0.717, 1.165) is 0 Å². The number of methoxy groups -OCH3 is 1. The van der Waals surface area contributed by atoms with Gasteiger partial charge in [-0.15, -0.1) is 11.3 Å². The summed E-state index contributed by atoms with van der Waals surface area (Å²) in [6.45, 7) is 1.20. The lowest BCUT2D eigenvalue weighted by atomic mass is 10.1. The molecule has 1 aromatic carbocycles. The minimum atomic E-state index is -0.828. The summed E-state index contributed by atoms with van der Waals surface area (Å²) >= 11 is 1.29. The molecule has 0 radical (unpaired) electrons. The van der Waals surface area contributed by atoms with Crippen molar-refractivity contribution in [3.05, 3.63) is 52.1 Å². The zero-order chi connectivity index (χ0) is 19.6. The summed E-state index contributed by atoms with van der Waals surface area (Å²) in [6.07, 6.45) is 1.29. The molecule has 0 unspecified atom stereocenters. The molecule has 1 amide bonds. The second-order valence-electron chi connectivity index (χ2n) is 5.83. The Morgan fingerprint density at radius 1 is 1.33 bits per heavy atom. The Morgan fingerprint density at radius 2 is 2.04 bits per heavy atom. The highest BCUT2D eigenvalue weighted by molar-refractivity contribution is 7.17. The van der Waals surface area contributed by atoms with Gasteiger partial charge in [-0.3, -0.25) is 14.2 Å². The van der Waals surface area contributed by atoms with Crippen LogP contribution in [-0.4, -0.2) is 34.6 Å². The topological polar surface area (TPSA) is 90.3 Å². The van der Waals surface area contributed by atoms with E-state index in [-0.39, 0.29) is 17.9 Å². The first kappa shape index (κ1) is 18.7. The van der Waals surface area contributed by atoms with Gasteiger partial charge < -0.3 is 10.1 Å². The number of carbonyl (C=O) groups is 2. The van der Waals surface area contributed by atoms with Crippen LogP contribution in [0.2, 0.25) is 0 Å². The van der Waals surface area contributed by atoms with Crippen molar-refractivity contribution in [2.75, 3.05) is 7.11 Å². The van der Waals surface area contributed by atoms with Crippen LogP contribution in [0.3, 0.4) is 0 Å². The first-order valence-corrected chi connectivity index (χ1v) is 8.88. The third-order valence-corrected chi connectivity index (χ3v) is 4.85. The number of hydrogen-bond donors (Lipinski definition) is 1. The van der Waals surface area contributed by atoms with Gasteiger partial charge in [-0.2, -0.15) is 0 Å². The molecule has 0 saturated heterocycles. The Morgan fingerprint density at radius 3 is 2.70 bits per heavy atom. The van der Waals surface area contributed by atoms with Crippen LogP contribution in [0, 0.1) is 5.82 Å². The molecular weight excluding hydrogens is 373 g/mol. The quantitative estimate of drug-likeness (QED) is 0.674. The number of thiophene rings is 1. The van der Waals surface area contributed by atoms with Gasteiger partial charge >= 0.3 is 5.97 Å². The zero-order valence-electron chi connectivity index (χ0n) is 14.6. The van der Waals surface area contributed by atoms with Gasteiger partial charge in [0.05, 0.1) is 18.8 Å². The highest BCUT2D eigenvalue weighted by Gasteiger charge is 2.18. The third kappa shape index (κ3) is 3.87. The lowest BCUT2D eigenvalue weighted by Crippen LogP contribution is -2.42. The van der Waals surface area contributed by atoms with Gasteiger partial charge in [0.2, 0.25) is 5.91 Å². The molecule has 0 aliphatic heterocycles. The normalized spacial score (nSPS) is 12.0. The third-order valence-electron chi connectivity index (χ3n) is 3.96. The Balaban J connectivity index is 1.92. The van der Waals surface area contributed by atoms with Crippen LogP contribution in [-0.2, 0) is 20.9 Å². The summed E-state index contributed by atoms with van der Waals surface area (Å²) in [5.41, 5.74) is 0.926. The van der Waals surface area contributed by atoms with E-state index in [1.807, 2.05) is 0 Å². The summed E-state index contributed by atoms with van der Waals surface area (Å²) in [7, 11) is 1.22. The van der Waals surface area contributed by atoms with E-state index in [4.69, 9.17) is 0 Å². The summed E-state index contributed by atoms with van der Waals surface area (Å²) in [6, 6.07) is 4.97. The number of rotatable bonds is 5. The van der Waals surface area contributed by atoms with Gasteiger partial charge in [-0.1, -0.05) is 12.1 Å². The van der Waals surface area contributed by atoms with Crippen LogP contribution in [0.5, 0.6) is 0 Å². The minimum absolute atomic E-state index is 0.290. The molecule has 0 saturated carbocycles. The molecule has 0 aliphatic rings. The maximum atomic E-state index is 13.2. The van der Waals surface area contributed by atoms with Crippen molar-refractivity contribution in [3.8, 4) is 11.1 Å². The minimum Gasteiger partial charge on any atom is -0.467 e. The van der Waals surface area contributed by atoms with E-state index in [1.54, 1.807) is 17.5 Å². The van der Waals surface area contributed by atoms with Crippen LogP contribution in [0.15, 0.2) is 40.8 Å². The lowest BCUT2D eigenvalue weighted by Gasteiger charge is -2.12. The van der Waals surface area contributed by atoms with Crippen LogP contribution in [0.25, 0.3) is 21.3 Å². The Bertz CT molecular complexity index is 1060. The van der Waals surface area contributed by atoms with Crippen LogP contribution >= 0.6 is 11.3 Å². The standard InChI is InChI=1S/C18H16FN3O4S/c1-10(18(25)26-2)21-14(23)7-22-9-20-16-15(17(22)24)13(8-27-16)11-3-5-12(19)6-4-11/h3-6,8-10H,7H2,1-2H3,(H,21,23)/t10-/m1/s1. The Kier molecular flexibility index (Phi) is 5.31. The largest absolute Gasteiger partial charge is 0.467 e. The number of nitrogens with one attached hydrogen (secondary N) is 1. The molecule has 7 nitrogen and oxygen atoms in total. The van der Waals surface area contributed by atoms with Crippen LogP contribution < -0.4 is 10.9 Å². The van der Waals surface area contributed by atoms with Crippen molar-refractivity contribution in [3.63, 3.8) is 0 Å². The molecule has 0 spiro atoms. The van der Waals surface area contributed by atoms with Crippen molar-refractivity contribution in [2.24, 2.45) is 0 Å². The summed E-state index contributed by atoms with van der Waals surface area (Å²) in [5, 5.41) is 4.60. The summed E-state index contributed by atoms with van der Waals surface area (Å²) < 4.78 is 18.9. The first-order valence-electron chi connectivity index (χ1n) is 8.00. The molecule has 0 fully saturated rings. The molecule has 2 heterocycles. The highest BCUT2D eigenvalue weighted by Crippen LogP contribution is 2.30. The second kappa shape index (κ2) is 7.67. The number of hydrogen-bond acceptors (Lipinski definition) is 6. The monoisotopic (exact) mass is 389 g/mol. The molecule has 9 heteroatoms. The van der Waals surface area contributed by atoms with E-state index in [1.165, 1.54) is 48.4 Å². The van der Waals surface area contributed by atoms with Gasteiger partial charge in [0, 0.05) is 10.9 Å². The SMILES string of the molecule is COC(=O)[C@@H](C)NC(=O)Cn1cnc2scc(-c3ccc(F)cc3)c2c1=O. The number of fused-ring (bicyclic) bond motifs is 1. The van der Waals surface area contributed by atoms with Crippen molar-refractivity contribution < 1.29 is 18.7 Å². The first-order chi connectivity index (χ1) is 12.9. The molecular formula is C18H16FN3O4S. The molecule has 140 valence electrons. The Labute approximate surface area is 157 Å². The number of amides is 1. The predicted molar refractivity (Wildman–Crippen MR) is 98.9 cm³/mol. The van der Waals surface area contributed by atoms with Crippen molar-refractivity contribution in [1.82, 2.24) is 14.9 Å². The molecule has 0 bridgehead atoms. The van der Waals surface area contributed by atoms with Crippen molar-refractivity contribution in [2.45, 2.75) is 19.5 Å². The zero-order valence-corrected chi connectivity index (χ0v) is 15.4. The van der Waals surface area contributed by atoms with Gasteiger partial charge in [0.1, 0.15) is 23.2 Å². The molecule has 1 N–H and O–H groups in total. The van der Waals surface area contributed by atoms with E-state index in [9.17, 15) is 18.8 Å². The number of halogens is 1. The smallest absolute Gasteiger partial charge is 0.328 e. The van der Waals surface area contributed by atoms with Crippen LogP contribution in [0.1, 0.15) is 6.92 Å². The molecule has 1 atom stereocenters. The van der Waals surface area contributed by atoms with Crippen LogP contribution in [0.4, 0.5) is 4.39 Å². The number of aromatic nitrogens is 2. The second-order valence-corrected chi connectivity index (χ2v) is 6.68.